The molecule has 0 aromatic rings. The Morgan fingerprint density at radius 3 is 2.36 bits per heavy atom. The van der Waals surface area contributed by atoms with E-state index < -0.39 is 12.1 Å². The lowest BCUT2D eigenvalue weighted by Crippen LogP contribution is -2.43. The Kier molecular flexibility index (Phi) is 4.50. The highest BCUT2D eigenvalue weighted by atomic mass is 17.2. The Hall–Kier alpha value is -0.240. The van der Waals surface area contributed by atoms with Crippen molar-refractivity contribution in [2.24, 2.45) is 0 Å². The molecule has 0 amide bonds. The van der Waals surface area contributed by atoms with Crippen LogP contribution in [-0.2, 0) is 9.78 Å². The molecule has 4 N–H and O–H groups in total. The molecule has 0 aliphatic carbocycles. The Bertz CT molecular complexity index is 101. The lowest BCUT2D eigenvalue weighted by molar-refractivity contribution is -0.506. The van der Waals surface area contributed by atoms with Gasteiger partial charge in [-0.25, -0.2) is 4.89 Å². The maximum atomic E-state index is 8.70. The minimum Gasteiger partial charge on any atom is -0.394 e. The molecule has 1 atom stereocenters. The van der Waals surface area contributed by atoms with E-state index in [0.717, 1.165) is 6.92 Å². The van der Waals surface area contributed by atoms with Crippen molar-refractivity contribution in [2.75, 3.05) is 13.2 Å². The van der Waals surface area contributed by atoms with E-state index >= 15 is 0 Å². The number of aliphatic hydroxyl groups is 4. The van der Waals surface area contributed by atoms with Crippen LogP contribution in [0.5, 0.6) is 0 Å². The van der Waals surface area contributed by atoms with Crippen LogP contribution in [0.3, 0.4) is 0 Å². The summed E-state index contributed by atoms with van der Waals surface area (Å²) in [6.07, 6.45) is -1.50. The Morgan fingerprint density at radius 2 is 2.00 bits per heavy atom. The van der Waals surface area contributed by atoms with Crippen LogP contribution in [-0.4, -0.2) is 45.7 Å². The first-order valence-electron chi connectivity index (χ1n) is 3.05. The molecule has 11 heavy (non-hydrogen) atoms. The maximum absolute atomic E-state index is 8.70. The van der Waals surface area contributed by atoms with Gasteiger partial charge < -0.3 is 20.4 Å². The van der Waals surface area contributed by atoms with Gasteiger partial charge in [0.1, 0.15) is 12.7 Å². The summed E-state index contributed by atoms with van der Waals surface area (Å²) in [5, 5.41) is 34.2. The first-order chi connectivity index (χ1) is 5.00. The summed E-state index contributed by atoms with van der Waals surface area (Å²) in [6, 6.07) is 0. The molecule has 0 aliphatic rings. The molecule has 68 valence electrons. The van der Waals surface area contributed by atoms with E-state index in [9.17, 15) is 0 Å². The molecule has 0 rings (SSSR count). The molecule has 6 nitrogen and oxygen atoms in total. The quantitative estimate of drug-likeness (QED) is 0.163. The molecule has 0 spiro atoms. The molecular formula is C5H12O6. The second kappa shape index (κ2) is 4.60. The van der Waals surface area contributed by atoms with E-state index in [1.54, 1.807) is 0 Å². The van der Waals surface area contributed by atoms with Crippen molar-refractivity contribution >= 4 is 0 Å². The fourth-order valence-corrected chi connectivity index (χ4v) is 0.235. The fourth-order valence-electron chi connectivity index (χ4n) is 0.235. The molecule has 0 fully saturated rings. The minimum absolute atomic E-state index is 0.199. The first-order valence-corrected chi connectivity index (χ1v) is 3.05. The molecular weight excluding hydrogens is 156 g/mol. The number of rotatable bonds is 5. The van der Waals surface area contributed by atoms with E-state index in [-0.39, 0.29) is 13.2 Å². The molecule has 0 saturated carbocycles. The number of hydrogen-bond donors (Lipinski definition) is 4. The minimum atomic E-state index is -2.73. The molecule has 0 bridgehead atoms. The fraction of sp³-hybridized carbons (Fsp3) is 1.00. The van der Waals surface area contributed by atoms with Gasteiger partial charge in [-0.1, -0.05) is 0 Å². The van der Waals surface area contributed by atoms with Gasteiger partial charge in [-0.3, -0.25) is 0 Å². The smallest absolute Gasteiger partial charge is 0.333 e. The van der Waals surface area contributed by atoms with Crippen LogP contribution in [0, 0.1) is 0 Å². The average Bonchev–Trinajstić information content (AvgIpc) is 1.88. The van der Waals surface area contributed by atoms with Gasteiger partial charge in [0.15, 0.2) is 0 Å². The van der Waals surface area contributed by atoms with E-state index in [4.69, 9.17) is 20.4 Å². The summed E-state index contributed by atoms with van der Waals surface area (Å²) < 4.78 is 0. The SMILES string of the molecule is CC(O)C(O)(O)OOCCO. The van der Waals surface area contributed by atoms with E-state index in [0.29, 0.717) is 0 Å². The highest BCUT2D eigenvalue weighted by molar-refractivity contribution is 4.55. The Balaban J connectivity index is 3.55. The van der Waals surface area contributed by atoms with Gasteiger partial charge in [0.05, 0.1) is 6.61 Å². The molecule has 0 saturated heterocycles. The van der Waals surface area contributed by atoms with Gasteiger partial charge in [0.25, 0.3) is 0 Å². The van der Waals surface area contributed by atoms with Crippen LogP contribution < -0.4 is 0 Å². The lowest BCUT2D eigenvalue weighted by atomic mass is 10.3. The summed E-state index contributed by atoms with van der Waals surface area (Å²) in [7, 11) is 0. The summed E-state index contributed by atoms with van der Waals surface area (Å²) in [5.41, 5.74) is 0. The second-order valence-electron chi connectivity index (χ2n) is 1.96. The monoisotopic (exact) mass is 168 g/mol. The molecule has 0 radical (unpaired) electrons. The van der Waals surface area contributed by atoms with Crippen molar-refractivity contribution in [3.05, 3.63) is 0 Å². The summed E-state index contributed by atoms with van der Waals surface area (Å²) in [5.74, 6) is -2.73. The van der Waals surface area contributed by atoms with Crippen molar-refractivity contribution in [3.8, 4) is 0 Å². The summed E-state index contributed by atoms with van der Waals surface area (Å²) in [4.78, 5) is 8.03. The predicted octanol–water partition coefficient (Wildman–Crippen LogP) is -2.05. The van der Waals surface area contributed by atoms with Gasteiger partial charge in [0, 0.05) is 0 Å². The molecule has 6 heteroatoms. The maximum Gasteiger partial charge on any atom is 0.333 e. The van der Waals surface area contributed by atoms with Crippen molar-refractivity contribution in [1.29, 1.82) is 0 Å². The highest BCUT2D eigenvalue weighted by Crippen LogP contribution is 2.07. The van der Waals surface area contributed by atoms with Gasteiger partial charge in [-0.05, 0) is 6.92 Å². The van der Waals surface area contributed by atoms with E-state index in [2.05, 4.69) is 9.78 Å². The van der Waals surface area contributed by atoms with Crippen molar-refractivity contribution in [3.63, 3.8) is 0 Å². The molecule has 0 aliphatic heterocycles. The zero-order valence-electron chi connectivity index (χ0n) is 6.10. The normalized spacial score (nSPS) is 15.0. The largest absolute Gasteiger partial charge is 0.394 e. The van der Waals surface area contributed by atoms with Gasteiger partial charge in [0.2, 0.25) is 0 Å². The molecule has 0 aromatic heterocycles. The standard InChI is InChI=1S/C5H12O6/c1-4(7)5(8,9)11-10-3-2-6/h4,6-9H,2-3H2,1H3. The van der Waals surface area contributed by atoms with Crippen molar-refractivity contribution < 1.29 is 30.2 Å². The van der Waals surface area contributed by atoms with E-state index in [1.165, 1.54) is 0 Å². The number of aliphatic hydroxyl groups excluding tert-OH is 2. The third-order valence-corrected chi connectivity index (χ3v) is 0.900. The Labute approximate surface area is 63.5 Å². The third-order valence-electron chi connectivity index (χ3n) is 0.900. The topological polar surface area (TPSA) is 99.4 Å². The third kappa shape index (κ3) is 4.25. The van der Waals surface area contributed by atoms with E-state index in [1.807, 2.05) is 0 Å². The average molecular weight is 168 g/mol. The predicted molar refractivity (Wildman–Crippen MR) is 33.0 cm³/mol. The molecule has 1 unspecified atom stereocenters. The lowest BCUT2D eigenvalue weighted by Gasteiger charge is -2.22. The van der Waals surface area contributed by atoms with Gasteiger partial charge >= 0.3 is 5.97 Å². The van der Waals surface area contributed by atoms with Crippen LogP contribution >= 0.6 is 0 Å². The van der Waals surface area contributed by atoms with Crippen LogP contribution in [0.2, 0.25) is 0 Å². The van der Waals surface area contributed by atoms with Crippen LogP contribution in [0.25, 0.3) is 0 Å². The van der Waals surface area contributed by atoms with Crippen LogP contribution in [0.15, 0.2) is 0 Å². The highest BCUT2D eigenvalue weighted by Gasteiger charge is 2.32. The van der Waals surface area contributed by atoms with Gasteiger partial charge in [-0.15, -0.1) is 0 Å². The van der Waals surface area contributed by atoms with Crippen molar-refractivity contribution in [2.45, 2.75) is 19.0 Å². The van der Waals surface area contributed by atoms with Crippen LogP contribution in [0.1, 0.15) is 6.92 Å². The molecule has 0 heterocycles. The molecule has 0 aromatic carbocycles. The van der Waals surface area contributed by atoms with Gasteiger partial charge in [-0.2, -0.15) is 4.89 Å². The Morgan fingerprint density at radius 1 is 1.45 bits per heavy atom. The second-order valence-corrected chi connectivity index (χ2v) is 1.96. The summed E-state index contributed by atoms with van der Waals surface area (Å²) >= 11 is 0. The van der Waals surface area contributed by atoms with Crippen LogP contribution in [0.4, 0.5) is 0 Å². The number of hydrogen-bond acceptors (Lipinski definition) is 6. The zero-order valence-corrected chi connectivity index (χ0v) is 6.10. The first kappa shape index (κ1) is 10.8. The van der Waals surface area contributed by atoms with Crippen molar-refractivity contribution in [1.82, 2.24) is 0 Å². The zero-order chi connectivity index (χ0) is 8.91. The summed E-state index contributed by atoms with van der Waals surface area (Å²) in [6.45, 7) is 0.605.